The van der Waals surface area contributed by atoms with E-state index in [0.29, 0.717) is 22.5 Å². The molecule has 44 heavy (non-hydrogen) atoms. The predicted molar refractivity (Wildman–Crippen MR) is 186 cm³/mol. The summed E-state index contributed by atoms with van der Waals surface area (Å²) < 4.78 is 7.12. The maximum atomic E-state index is 13.5. The van der Waals surface area contributed by atoms with Gasteiger partial charge in [-0.05, 0) is 80.3 Å². The molecule has 2 aromatic heterocycles. The van der Waals surface area contributed by atoms with Crippen LogP contribution in [0.2, 0.25) is 0 Å². The number of hydrogen-bond donors (Lipinski definition) is 1. The molecule has 0 amide bonds. The minimum Gasteiger partial charge on any atom is -0.463 e. The summed E-state index contributed by atoms with van der Waals surface area (Å²) in [5.41, 5.74) is 5.05. The molecule has 6 rings (SSSR count). The third kappa shape index (κ3) is 7.69. The Morgan fingerprint density at radius 1 is 0.977 bits per heavy atom. The Balaban J connectivity index is 0.000000348. The quantitative estimate of drug-likeness (QED) is 0.204. The second kappa shape index (κ2) is 14.4. The monoisotopic (exact) mass is 597 g/mol. The minimum atomic E-state index is -0.208. The van der Waals surface area contributed by atoms with Crippen molar-refractivity contribution in [3.8, 4) is 0 Å². The molecule has 1 N–H and O–H groups in total. The number of nitrogens with one attached hydrogen (secondary N) is 1. The molecule has 6 nitrogen and oxygen atoms in total. The van der Waals surface area contributed by atoms with Crippen LogP contribution in [0.4, 0.5) is 5.69 Å². The molecule has 0 bridgehead atoms. The van der Waals surface area contributed by atoms with Gasteiger partial charge in [-0.25, -0.2) is 4.98 Å². The van der Waals surface area contributed by atoms with Gasteiger partial charge >= 0.3 is 5.97 Å². The van der Waals surface area contributed by atoms with Crippen LogP contribution in [0.15, 0.2) is 53.3 Å². The fourth-order valence-electron chi connectivity index (χ4n) is 6.08. The highest BCUT2D eigenvalue weighted by molar-refractivity contribution is 6.18. The number of anilines is 1. The van der Waals surface area contributed by atoms with Gasteiger partial charge in [-0.1, -0.05) is 79.0 Å². The van der Waals surface area contributed by atoms with Gasteiger partial charge < -0.3 is 10.1 Å². The number of esters is 1. The number of carbonyl (C=O) groups is 1. The highest BCUT2D eigenvalue weighted by Crippen LogP contribution is 2.35. The molecule has 6 heteroatoms. The van der Waals surface area contributed by atoms with Crippen LogP contribution in [-0.4, -0.2) is 27.5 Å². The van der Waals surface area contributed by atoms with E-state index in [0.717, 1.165) is 64.1 Å². The molecule has 0 aliphatic heterocycles. The number of imidazole rings is 1. The minimum absolute atomic E-state index is 0.0196. The average molecular weight is 598 g/mol. The zero-order valence-corrected chi connectivity index (χ0v) is 28.0. The van der Waals surface area contributed by atoms with Gasteiger partial charge in [0.05, 0.1) is 11.0 Å². The summed E-state index contributed by atoms with van der Waals surface area (Å²) in [5, 5.41) is 7.38. The largest absolute Gasteiger partial charge is 0.463 e. The van der Waals surface area contributed by atoms with E-state index in [1.807, 2.05) is 37.3 Å². The Labute approximate surface area is 262 Å². The second-order valence-corrected chi connectivity index (χ2v) is 13.6. The van der Waals surface area contributed by atoms with Crippen LogP contribution < -0.4 is 10.9 Å². The van der Waals surface area contributed by atoms with Crippen molar-refractivity contribution < 1.29 is 9.53 Å². The lowest BCUT2D eigenvalue weighted by Crippen LogP contribution is -2.30. The average Bonchev–Trinajstić information content (AvgIpc) is 3.35. The number of carbonyl (C=O) groups excluding carboxylic acids is 1. The van der Waals surface area contributed by atoms with Gasteiger partial charge in [-0.3, -0.25) is 14.0 Å². The summed E-state index contributed by atoms with van der Waals surface area (Å²) >= 11 is 0. The molecule has 3 aromatic carbocycles. The Kier molecular flexibility index (Phi) is 10.9. The van der Waals surface area contributed by atoms with Crippen LogP contribution in [0, 0.1) is 12.3 Å². The number of ether oxygens (including phenoxy) is 1. The molecule has 0 spiro atoms. The van der Waals surface area contributed by atoms with Crippen LogP contribution >= 0.6 is 0 Å². The Bertz CT molecular complexity index is 1760. The maximum absolute atomic E-state index is 13.5. The first-order valence-electron chi connectivity index (χ1n) is 16.5. The van der Waals surface area contributed by atoms with Gasteiger partial charge in [-0.2, -0.15) is 0 Å². The zero-order valence-electron chi connectivity index (χ0n) is 28.0. The van der Waals surface area contributed by atoms with Crippen molar-refractivity contribution in [3.63, 3.8) is 0 Å². The summed E-state index contributed by atoms with van der Waals surface area (Å²) in [6.07, 6.45) is 8.95. The molecule has 2 heterocycles. The van der Waals surface area contributed by atoms with Crippen molar-refractivity contribution in [2.24, 2.45) is 5.41 Å². The van der Waals surface area contributed by atoms with Gasteiger partial charge in [0.1, 0.15) is 11.8 Å². The number of benzene rings is 3. The second-order valence-electron chi connectivity index (χ2n) is 13.6. The smallest absolute Gasteiger partial charge is 0.302 e. The lowest BCUT2D eigenvalue weighted by Gasteiger charge is -2.29. The fourth-order valence-corrected chi connectivity index (χ4v) is 6.08. The number of fused-ring (bicyclic) bond motifs is 4. The first-order chi connectivity index (χ1) is 21.0. The molecule has 5 aromatic rings. The molecule has 1 saturated carbocycles. The molecule has 0 unspecified atom stereocenters. The van der Waals surface area contributed by atoms with E-state index in [-0.39, 0.29) is 17.6 Å². The van der Waals surface area contributed by atoms with Crippen LogP contribution in [-0.2, 0) is 9.53 Å². The number of hydrogen-bond acceptors (Lipinski definition) is 5. The van der Waals surface area contributed by atoms with Crippen molar-refractivity contribution in [1.82, 2.24) is 9.38 Å². The third-order valence-electron chi connectivity index (χ3n) is 8.17. The topological polar surface area (TPSA) is 72.7 Å². The summed E-state index contributed by atoms with van der Waals surface area (Å²) in [6.45, 7) is 16.9. The van der Waals surface area contributed by atoms with E-state index < -0.39 is 0 Å². The maximum Gasteiger partial charge on any atom is 0.302 e. The molecule has 0 radical (unpaired) electrons. The number of aromatic nitrogens is 2. The van der Waals surface area contributed by atoms with Gasteiger partial charge in [0.25, 0.3) is 5.56 Å². The summed E-state index contributed by atoms with van der Waals surface area (Å²) in [5.74, 6) is -0.208. The summed E-state index contributed by atoms with van der Waals surface area (Å²) in [4.78, 5) is 29.6. The van der Waals surface area contributed by atoms with Crippen molar-refractivity contribution in [1.29, 1.82) is 0 Å². The number of aryl methyl sites for hydroxylation is 1. The molecule has 1 fully saturated rings. The lowest BCUT2D eigenvalue weighted by molar-refractivity contribution is -0.147. The van der Waals surface area contributed by atoms with E-state index in [1.54, 1.807) is 4.40 Å². The fraction of sp³-hybridized carbons (Fsp3) is 0.500. The van der Waals surface area contributed by atoms with Crippen molar-refractivity contribution in [2.75, 3.05) is 5.32 Å². The van der Waals surface area contributed by atoms with Crippen molar-refractivity contribution >= 4 is 49.9 Å². The number of nitrogens with zero attached hydrogens (tertiary/aromatic N) is 2. The zero-order chi connectivity index (χ0) is 32.0. The molecule has 1 aliphatic rings. The summed E-state index contributed by atoms with van der Waals surface area (Å²) in [7, 11) is 0. The molecule has 1 aliphatic carbocycles. The van der Waals surface area contributed by atoms with E-state index in [1.165, 1.54) is 32.6 Å². The van der Waals surface area contributed by atoms with Gasteiger partial charge in [0.15, 0.2) is 0 Å². The molecule has 0 atom stereocenters. The first-order valence-corrected chi connectivity index (χ1v) is 16.5. The number of rotatable bonds is 5. The number of unbranched alkanes of at least 4 members (excludes halogenated alkanes) is 1. The number of pyridine rings is 1. The van der Waals surface area contributed by atoms with Crippen LogP contribution in [0.1, 0.15) is 105 Å². The molecule has 0 saturated heterocycles. The Hall–Kier alpha value is -3.67. The van der Waals surface area contributed by atoms with E-state index in [9.17, 15) is 9.59 Å². The first kappa shape index (κ1) is 33.2. The highest BCUT2D eigenvalue weighted by Gasteiger charge is 2.24. The van der Waals surface area contributed by atoms with Gasteiger partial charge in [-0.15, -0.1) is 0 Å². The van der Waals surface area contributed by atoms with Gasteiger partial charge in [0.2, 0.25) is 0 Å². The predicted octanol–water partition coefficient (Wildman–Crippen LogP) is 9.83. The third-order valence-corrected chi connectivity index (χ3v) is 8.17. The normalized spacial score (nSPS) is 16.8. The molecular formula is C38H51N3O3. The van der Waals surface area contributed by atoms with Crippen LogP contribution in [0.25, 0.3) is 38.2 Å². The van der Waals surface area contributed by atoms with Crippen molar-refractivity contribution in [2.45, 2.75) is 119 Å². The van der Waals surface area contributed by atoms with E-state index >= 15 is 0 Å². The van der Waals surface area contributed by atoms with Crippen molar-refractivity contribution in [3.05, 3.63) is 64.4 Å². The van der Waals surface area contributed by atoms with Gasteiger partial charge in [0, 0.05) is 40.2 Å². The van der Waals surface area contributed by atoms with Crippen LogP contribution in [0.5, 0.6) is 0 Å². The molecular weight excluding hydrogens is 546 g/mol. The standard InChI is InChI=1S/C27H25N3O3.C8H18.C3H8/c1-15-6-13-24-23(14-15)29-26-20-11-12-22(28-17-7-9-18(10-8-17)33-16(2)31)19-4-3-5-21(25(19)20)27(32)30(24)26;1-5-6-7-8(2,3)4;1-3-2/h3-6,11-14,17-18,28H,7-10H2,1-2H3;5-7H2,1-4H3;3H2,1-2H3. The van der Waals surface area contributed by atoms with Crippen LogP contribution in [0.3, 0.4) is 0 Å². The Morgan fingerprint density at radius 3 is 2.27 bits per heavy atom. The molecule has 236 valence electrons. The SMILES string of the molecule is CC(=O)OC1CCC(Nc2ccc3c4c2cccc4c(=O)n2c4ccc(C)cc4nc32)CC1.CCC.CCCCC(C)(C)C. The Morgan fingerprint density at radius 2 is 1.66 bits per heavy atom. The highest BCUT2D eigenvalue weighted by atomic mass is 16.5. The lowest BCUT2D eigenvalue weighted by atomic mass is 9.90. The van der Waals surface area contributed by atoms with E-state index in [4.69, 9.17) is 9.72 Å². The summed E-state index contributed by atoms with van der Waals surface area (Å²) in [6, 6.07) is 16.4. The van der Waals surface area contributed by atoms with E-state index in [2.05, 4.69) is 65.1 Å².